The number of esters is 2. The number of rotatable bonds is 5. The van der Waals surface area contributed by atoms with Crippen LogP contribution in [0.4, 0.5) is 0 Å². The Bertz CT molecular complexity index is 475. The SMILES string of the molecule is C/C=C(\C)C(=O)O[C@H]1C=CC(=O)O[C@H]1/C=C/[C@H](O)C(C)O. The molecule has 4 atom stereocenters. The van der Waals surface area contributed by atoms with Gasteiger partial charge in [-0.3, -0.25) is 0 Å². The first-order valence-corrected chi connectivity index (χ1v) is 6.62. The number of hydrogen-bond acceptors (Lipinski definition) is 6. The van der Waals surface area contributed by atoms with Crippen molar-refractivity contribution in [2.45, 2.75) is 45.2 Å². The van der Waals surface area contributed by atoms with E-state index >= 15 is 0 Å². The average Bonchev–Trinajstić information content (AvgIpc) is 2.45. The molecule has 0 aromatic carbocycles. The van der Waals surface area contributed by atoms with Crippen molar-refractivity contribution in [2.75, 3.05) is 0 Å². The van der Waals surface area contributed by atoms with Crippen LogP contribution in [0.3, 0.4) is 0 Å². The minimum absolute atomic E-state index is 0.437. The number of allylic oxidation sites excluding steroid dienone is 1. The maximum Gasteiger partial charge on any atom is 0.334 e. The van der Waals surface area contributed by atoms with Gasteiger partial charge in [-0.2, -0.15) is 0 Å². The molecule has 0 aliphatic carbocycles. The molecule has 1 aliphatic rings. The van der Waals surface area contributed by atoms with Gasteiger partial charge in [0.1, 0.15) is 0 Å². The first-order valence-electron chi connectivity index (χ1n) is 6.62. The Morgan fingerprint density at radius 1 is 1.48 bits per heavy atom. The summed E-state index contributed by atoms with van der Waals surface area (Å²) in [7, 11) is 0. The smallest absolute Gasteiger partial charge is 0.334 e. The molecule has 0 saturated carbocycles. The number of ether oxygens (including phenoxy) is 2. The Morgan fingerprint density at radius 2 is 2.14 bits per heavy atom. The fourth-order valence-electron chi connectivity index (χ4n) is 1.50. The van der Waals surface area contributed by atoms with Crippen molar-refractivity contribution in [3.8, 4) is 0 Å². The van der Waals surface area contributed by atoms with Gasteiger partial charge in [0.25, 0.3) is 0 Å². The van der Waals surface area contributed by atoms with Crippen molar-refractivity contribution in [3.05, 3.63) is 36.0 Å². The summed E-state index contributed by atoms with van der Waals surface area (Å²) in [5, 5.41) is 18.7. The highest BCUT2D eigenvalue weighted by Crippen LogP contribution is 2.16. The Hall–Kier alpha value is -1.92. The van der Waals surface area contributed by atoms with Crippen molar-refractivity contribution in [3.63, 3.8) is 0 Å². The van der Waals surface area contributed by atoms with Crippen LogP contribution in [-0.2, 0) is 19.1 Å². The molecule has 1 aliphatic heterocycles. The van der Waals surface area contributed by atoms with Crippen molar-refractivity contribution in [2.24, 2.45) is 0 Å². The Kier molecular flexibility index (Phi) is 6.33. The summed E-state index contributed by atoms with van der Waals surface area (Å²) in [5.41, 5.74) is 0.437. The highest BCUT2D eigenvalue weighted by molar-refractivity contribution is 5.88. The molecule has 1 rings (SSSR count). The molecule has 6 heteroatoms. The van der Waals surface area contributed by atoms with Gasteiger partial charge >= 0.3 is 11.9 Å². The van der Waals surface area contributed by atoms with Gasteiger partial charge in [0.15, 0.2) is 12.2 Å². The number of hydrogen-bond donors (Lipinski definition) is 2. The zero-order valence-corrected chi connectivity index (χ0v) is 12.2. The van der Waals surface area contributed by atoms with E-state index in [-0.39, 0.29) is 0 Å². The molecule has 0 radical (unpaired) electrons. The Labute approximate surface area is 123 Å². The molecular formula is C15H20O6. The maximum absolute atomic E-state index is 11.7. The monoisotopic (exact) mass is 296 g/mol. The van der Waals surface area contributed by atoms with Crippen molar-refractivity contribution >= 4 is 11.9 Å². The fourth-order valence-corrected chi connectivity index (χ4v) is 1.50. The van der Waals surface area contributed by atoms with E-state index in [1.807, 2.05) is 0 Å². The van der Waals surface area contributed by atoms with E-state index in [1.165, 1.54) is 31.2 Å². The molecule has 0 aromatic rings. The second-order valence-electron chi connectivity index (χ2n) is 4.72. The van der Waals surface area contributed by atoms with E-state index in [0.717, 1.165) is 0 Å². The molecule has 6 nitrogen and oxygen atoms in total. The molecule has 116 valence electrons. The molecule has 0 aromatic heterocycles. The number of carbonyl (C=O) groups excluding carboxylic acids is 2. The summed E-state index contributed by atoms with van der Waals surface area (Å²) in [5.74, 6) is -1.08. The molecule has 0 amide bonds. The summed E-state index contributed by atoms with van der Waals surface area (Å²) in [6, 6.07) is 0. The van der Waals surface area contributed by atoms with Gasteiger partial charge in [0, 0.05) is 11.6 Å². The van der Waals surface area contributed by atoms with Gasteiger partial charge in [-0.1, -0.05) is 12.2 Å². The summed E-state index contributed by atoms with van der Waals surface area (Å²) in [6.07, 6.45) is 3.24. The summed E-state index contributed by atoms with van der Waals surface area (Å²) in [4.78, 5) is 23.0. The van der Waals surface area contributed by atoms with Crippen molar-refractivity contribution in [1.82, 2.24) is 0 Å². The molecule has 0 fully saturated rings. The van der Waals surface area contributed by atoms with Crippen molar-refractivity contribution in [1.29, 1.82) is 0 Å². The third-order valence-electron chi connectivity index (χ3n) is 2.99. The zero-order chi connectivity index (χ0) is 16.0. The highest BCUT2D eigenvalue weighted by atomic mass is 16.6. The van der Waals surface area contributed by atoms with Crippen LogP contribution in [0.5, 0.6) is 0 Å². The minimum atomic E-state index is -1.09. The standard InChI is InChI=1S/C15H20O6/c1-4-9(2)15(19)21-13-7-8-14(18)20-12(13)6-5-11(17)10(3)16/h4-8,10-13,16-17H,1-3H3/b6-5+,9-4+/t10?,11-,12-,13-/m0/s1. The van der Waals surface area contributed by atoms with Gasteiger partial charge in [-0.25, -0.2) is 9.59 Å². The number of carbonyl (C=O) groups is 2. The highest BCUT2D eigenvalue weighted by Gasteiger charge is 2.28. The van der Waals surface area contributed by atoms with Crippen LogP contribution in [0.25, 0.3) is 0 Å². The van der Waals surface area contributed by atoms with E-state index in [9.17, 15) is 19.8 Å². The van der Waals surface area contributed by atoms with Gasteiger partial charge in [-0.15, -0.1) is 0 Å². The quantitative estimate of drug-likeness (QED) is 0.439. The zero-order valence-electron chi connectivity index (χ0n) is 12.2. The van der Waals surface area contributed by atoms with Gasteiger partial charge in [0.05, 0.1) is 12.2 Å². The number of cyclic esters (lactones) is 1. The second-order valence-corrected chi connectivity index (χ2v) is 4.72. The predicted octanol–water partition coefficient (Wildman–Crippen LogP) is 0.644. The largest absolute Gasteiger partial charge is 0.451 e. The first-order chi connectivity index (χ1) is 9.85. The molecular weight excluding hydrogens is 276 g/mol. The molecule has 0 saturated heterocycles. The lowest BCUT2D eigenvalue weighted by molar-refractivity contribution is -0.157. The van der Waals surface area contributed by atoms with Crippen LogP contribution in [0.15, 0.2) is 36.0 Å². The first kappa shape index (κ1) is 17.1. The lowest BCUT2D eigenvalue weighted by Gasteiger charge is -2.25. The third kappa shape index (κ3) is 5.17. The Balaban J connectivity index is 2.81. The van der Waals surface area contributed by atoms with Crippen LogP contribution < -0.4 is 0 Å². The predicted molar refractivity (Wildman–Crippen MR) is 75.2 cm³/mol. The molecule has 0 bridgehead atoms. The Morgan fingerprint density at radius 3 is 2.71 bits per heavy atom. The summed E-state index contributed by atoms with van der Waals surface area (Å²) in [6.45, 7) is 4.75. The molecule has 1 heterocycles. The lowest BCUT2D eigenvalue weighted by Crippen LogP contribution is -2.36. The van der Waals surface area contributed by atoms with E-state index in [4.69, 9.17) is 9.47 Å². The van der Waals surface area contributed by atoms with Crippen LogP contribution in [0.1, 0.15) is 20.8 Å². The van der Waals surface area contributed by atoms with E-state index in [2.05, 4.69) is 0 Å². The molecule has 1 unspecified atom stereocenters. The maximum atomic E-state index is 11.7. The molecule has 21 heavy (non-hydrogen) atoms. The van der Waals surface area contributed by atoms with Gasteiger partial charge in [-0.05, 0) is 32.9 Å². The number of aliphatic hydroxyl groups is 2. The van der Waals surface area contributed by atoms with Crippen LogP contribution in [-0.4, -0.2) is 46.6 Å². The van der Waals surface area contributed by atoms with Crippen LogP contribution >= 0.6 is 0 Å². The normalized spacial score (nSPS) is 25.6. The lowest BCUT2D eigenvalue weighted by atomic mass is 10.1. The minimum Gasteiger partial charge on any atom is -0.451 e. The second kappa shape index (κ2) is 7.75. The average molecular weight is 296 g/mol. The van der Waals surface area contributed by atoms with E-state index in [1.54, 1.807) is 19.9 Å². The fraction of sp³-hybridized carbons (Fsp3) is 0.467. The van der Waals surface area contributed by atoms with E-state index in [0.29, 0.717) is 5.57 Å². The van der Waals surface area contributed by atoms with Gasteiger partial charge < -0.3 is 19.7 Å². The summed E-state index contributed by atoms with van der Waals surface area (Å²) < 4.78 is 10.3. The number of aliphatic hydroxyl groups excluding tert-OH is 2. The van der Waals surface area contributed by atoms with Crippen LogP contribution in [0, 0.1) is 0 Å². The van der Waals surface area contributed by atoms with Gasteiger partial charge in [0.2, 0.25) is 0 Å². The third-order valence-corrected chi connectivity index (χ3v) is 2.99. The van der Waals surface area contributed by atoms with Crippen LogP contribution in [0.2, 0.25) is 0 Å². The molecule has 2 N–H and O–H groups in total. The van der Waals surface area contributed by atoms with E-state index < -0.39 is 36.4 Å². The van der Waals surface area contributed by atoms with Crippen molar-refractivity contribution < 1.29 is 29.3 Å². The summed E-state index contributed by atoms with van der Waals surface area (Å²) >= 11 is 0. The topological polar surface area (TPSA) is 93.1 Å². The molecule has 0 spiro atoms.